The monoisotopic (exact) mass is 316 g/mol. The number of nitrogens with one attached hydrogen (secondary N) is 2. The molecule has 0 saturated heterocycles. The highest BCUT2D eigenvalue weighted by Gasteiger charge is 2.19. The van der Waals surface area contributed by atoms with E-state index in [4.69, 9.17) is 0 Å². The molecule has 1 rings (SSSR count). The van der Waals surface area contributed by atoms with Crippen LogP contribution in [0.25, 0.3) is 0 Å². The van der Waals surface area contributed by atoms with Crippen LogP contribution < -0.4 is 10.0 Å². The molecular formula is C15H25FN2O2S. The van der Waals surface area contributed by atoms with Gasteiger partial charge in [0.25, 0.3) is 0 Å². The van der Waals surface area contributed by atoms with Gasteiger partial charge in [0.15, 0.2) is 0 Å². The Kier molecular flexibility index (Phi) is 6.77. The zero-order valence-corrected chi connectivity index (χ0v) is 13.9. The predicted octanol–water partition coefficient (Wildman–Crippen LogP) is 2.65. The van der Waals surface area contributed by atoms with Crippen LogP contribution in [0.1, 0.15) is 39.2 Å². The van der Waals surface area contributed by atoms with Crippen molar-refractivity contribution in [2.45, 2.75) is 51.1 Å². The first kappa shape index (κ1) is 18.1. The summed E-state index contributed by atoms with van der Waals surface area (Å²) in [6.45, 7) is 6.34. The molecule has 4 nitrogen and oxygen atoms in total. The fraction of sp³-hybridized carbons (Fsp3) is 0.600. The molecule has 0 amide bonds. The van der Waals surface area contributed by atoms with Gasteiger partial charge in [0, 0.05) is 18.2 Å². The van der Waals surface area contributed by atoms with Crippen molar-refractivity contribution in [2.24, 2.45) is 5.92 Å². The second-order valence-corrected chi connectivity index (χ2v) is 7.49. The van der Waals surface area contributed by atoms with Crippen LogP contribution in [0.2, 0.25) is 0 Å². The average molecular weight is 316 g/mol. The first-order valence-electron chi connectivity index (χ1n) is 7.21. The summed E-state index contributed by atoms with van der Waals surface area (Å²) in [7, 11) is -1.92. The third-order valence-electron chi connectivity index (χ3n) is 3.23. The molecule has 1 unspecified atom stereocenters. The summed E-state index contributed by atoms with van der Waals surface area (Å²) in [5, 5.41) is 2.82. The fourth-order valence-corrected chi connectivity index (χ4v) is 3.35. The van der Waals surface area contributed by atoms with Crippen LogP contribution in [-0.2, 0) is 16.6 Å². The van der Waals surface area contributed by atoms with Crippen LogP contribution in [0, 0.1) is 11.7 Å². The van der Waals surface area contributed by atoms with Gasteiger partial charge in [-0.25, -0.2) is 17.5 Å². The molecule has 0 aromatic heterocycles. The smallest absolute Gasteiger partial charge is 0.240 e. The van der Waals surface area contributed by atoms with Crippen LogP contribution in [0.5, 0.6) is 0 Å². The number of hydrogen-bond acceptors (Lipinski definition) is 3. The fourth-order valence-electron chi connectivity index (χ4n) is 2.02. The Balaban J connectivity index is 2.85. The SMILES string of the molecule is CNCc1cc(S(=O)(=O)NC(C)CCC(C)C)ccc1F. The summed E-state index contributed by atoms with van der Waals surface area (Å²) in [5.41, 5.74) is 0.343. The van der Waals surface area contributed by atoms with E-state index in [-0.39, 0.29) is 17.5 Å². The van der Waals surface area contributed by atoms with Crippen molar-refractivity contribution in [1.29, 1.82) is 0 Å². The van der Waals surface area contributed by atoms with E-state index < -0.39 is 15.8 Å². The molecule has 0 fully saturated rings. The average Bonchev–Trinajstić information content (AvgIpc) is 2.38. The van der Waals surface area contributed by atoms with E-state index in [0.717, 1.165) is 12.8 Å². The van der Waals surface area contributed by atoms with Crippen molar-refractivity contribution in [3.05, 3.63) is 29.6 Å². The minimum atomic E-state index is -3.61. The molecule has 1 aromatic rings. The van der Waals surface area contributed by atoms with Crippen molar-refractivity contribution < 1.29 is 12.8 Å². The molecule has 6 heteroatoms. The summed E-state index contributed by atoms with van der Waals surface area (Å²) in [5.74, 6) is 0.126. The Morgan fingerprint density at radius 2 is 1.86 bits per heavy atom. The Morgan fingerprint density at radius 1 is 1.19 bits per heavy atom. The van der Waals surface area contributed by atoms with Gasteiger partial charge in [0.2, 0.25) is 10.0 Å². The molecule has 0 heterocycles. The van der Waals surface area contributed by atoms with Crippen molar-refractivity contribution in [3.8, 4) is 0 Å². The quantitative estimate of drug-likeness (QED) is 0.775. The maximum Gasteiger partial charge on any atom is 0.240 e. The lowest BCUT2D eigenvalue weighted by Gasteiger charge is -2.16. The highest BCUT2D eigenvalue weighted by molar-refractivity contribution is 7.89. The lowest BCUT2D eigenvalue weighted by Crippen LogP contribution is -2.33. The lowest BCUT2D eigenvalue weighted by molar-refractivity contribution is 0.485. The van der Waals surface area contributed by atoms with Crippen molar-refractivity contribution >= 4 is 10.0 Å². The largest absolute Gasteiger partial charge is 0.316 e. The number of benzene rings is 1. The predicted molar refractivity (Wildman–Crippen MR) is 83.0 cm³/mol. The van der Waals surface area contributed by atoms with Gasteiger partial charge >= 0.3 is 0 Å². The van der Waals surface area contributed by atoms with Crippen LogP contribution in [0.3, 0.4) is 0 Å². The van der Waals surface area contributed by atoms with E-state index in [1.54, 1.807) is 7.05 Å². The standard InChI is InChI=1S/C15H25FN2O2S/c1-11(2)5-6-12(3)18-21(19,20)14-7-8-15(16)13(9-14)10-17-4/h7-9,11-12,17-18H,5-6,10H2,1-4H3. The molecule has 1 atom stereocenters. The molecule has 120 valence electrons. The van der Waals surface area contributed by atoms with Gasteiger partial charge in [-0.3, -0.25) is 0 Å². The van der Waals surface area contributed by atoms with Gasteiger partial charge < -0.3 is 5.32 Å². The topological polar surface area (TPSA) is 58.2 Å². The van der Waals surface area contributed by atoms with Crippen LogP contribution in [0.15, 0.2) is 23.1 Å². The van der Waals surface area contributed by atoms with Gasteiger partial charge in [-0.2, -0.15) is 0 Å². The maximum absolute atomic E-state index is 13.6. The molecule has 0 radical (unpaired) electrons. The summed E-state index contributed by atoms with van der Waals surface area (Å²) in [4.78, 5) is 0.102. The van der Waals surface area contributed by atoms with Gasteiger partial charge in [-0.1, -0.05) is 13.8 Å². The second-order valence-electron chi connectivity index (χ2n) is 5.78. The highest BCUT2D eigenvalue weighted by Crippen LogP contribution is 2.16. The Labute approximate surface area is 127 Å². The van der Waals surface area contributed by atoms with Crippen LogP contribution in [-0.4, -0.2) is 21.5 Å². The van der Waals surface area contributed by atoms with Gasteiger partial charge in [-0.05, 0) is 50.9 Å². The van der Waals surface area contributed by atoms with Crippen molar-refractivity contribution in [2.75, 3.05) is 7.05 Å². The lowest BCUT2D eigenvalue weighted by atomic mass is 10.1. The molecule has 1 aromatic carbocycles. The molecule has 2 N–H and O–H groups in total. The third-order valence-corrected chi connectivity index (χ3v) is 4.82. The molecule has 21 heavy (non-hydrogen) atoms. The molecule has 0 aliphatic carbocycles. The Morgan fingerprint density at radius 3 is 2.43 bits per heavy atom. The van der Waals surface area contributed by atoms with Crippen molar-refractivity contribution in [3.63, 3.8) is 0 Å². The molecule has 0 aliphatic rings. The van der Waals surface area contributed by atoms with Gasteiger partial charge in [0.05, 0.1) is 4.90 Å². The second kappa shape index (κ2) is 7.87. The summed E-state index contributed by atoms with van der Waals surface area (Å²) in [6.07, 6.45) is 1.74. The minimum Gasteiger partial charge on any atom is -0.316 e. The van der Waals surface area contributed by atoms with E-state index in [0.29, 0.717) is 11.5 Å². The number of hydrogen-bond donors (Lipinski definition) is 2. The van der Waals surface area contributed by atoms with E-state index in [1.165, 1.54) is 18.2 Å². The number of rotatable bonds is 8. The van der Waals surface area contributed by atoms with Gasteiger partial charge in [0.1, 0.15) is 5.82 Å². The number of halogens is 1. The minimum absolute atomic E-state index is 0.102. The first-order valence-corrected chi connectivity index (χ1v) is 8.70. The van der Waals surface area contributed by atoms with E-state index in [2.05, 4.69) is 23.9 Å². The van der Waals surface area contributed by atoms with Crippen LogP contribution in [0.4, 0.5) is 4.39 Å². The zero-order valence-electron chi connectivity index (χ0n) is 13.1. The molecular weight excluding hydrogens is 291 g/mol. The summed E-state index contributed by atoms with van der Waals surface area (Å²) < 4.78 is 40.8. The van der Waals surface area contributed by atoms with E-state index in [1.807, 2.05) is 6.92 Å². The van der Waals surface area contributed by atoms with E-state index in [9.17, 15) is 12.8 Å². The molecule has 0 spiro atoms. The number of sulfonamides is 1. The van der Waals surface area contributed by atoms with Crippen molar-refractivity contribution in [1.82, 2.24) is 10.0 Å². The Bertz CT molecular complexity index is 559. The summed E-state index contributed by atoms with van der Waals surface area (Å²) >= 11 is 0. The normalized spacial score (nSPS) is 13.6. The molecule has 0 bridgehead atoms. The highest BCUT2D eigenvalue weighted by atomic mass is 32.2. The molecule has 0 aliphatic heterocycles. The van der Waals surface area contributed by atoms with E-state index >= 15 is 0 Å². The summed E-state index contributed by atoms with van der Waals surface area (Å²) in [6, 6.07) is 3.73. The molecule has 0 saturated carbocycles. The Hall–Kier alpha value is -0.980. The zero-order chi connectivity index (χ0) is 16.0. The maximum atomic E-state index is 13.6. The third kappa shape index (κ3) is 5.73. The first-order chi connectivity index (χ1) is 9.76. The van der Waals surface area contributed by atoms with Crippen LogP contribution >= 0.6 is 0 Å². The van der Waals surface area contributed by atoms with Gasteiger partial charge in [-0.15, -0.1) is 0 Å².